The number of carbonyl (C=O) groups is 3. The Labute approximate surface area is 262 Å². The molecule has 1 N–H and O–H groups in total. The number of rotatable bonds is 14. The van der Waals surface area contributed by atoms with Gasteiger partial charge in [-0.3, -0.25) is 14.4 Å². The van der Waals surface area contributed by atoms with E-state index in [4.69, 9.17) is 4.74 Å². The van der Waals surface area contributed by atoms with E-state index < -0.39 is 41.2 Å². The number of carbonyl (C=O) groups excluding carboxylic acids is 3. The Morgan fingerprint density at radius 2 is 1.79 bits per heavy atom. The van der Waals surface area contributed by atoms with Gasteiger partial charge in [-0.05, 0) is 44.4 Å². The summed E-state index contributed by atoms with van der Waals surface area (Å²) in [4.78, 5) is 48.8. The molecule has 8 nitrogen and oxygen atoms in total. The van der Waals surface area contributed by atoms with Crippen LogP contribution in [-0.4, -0.2) is 97.9 Å². The summed E-state index contributed by atoms with van der Waals surface area (Å²) in [5.41, 5.74) is -1.80. The third-order valence-electron chi connectivity index (χ3n) is 9.52. The minimum absolute atomic E-state index is 0.0613. The standard InChI is InChI=1S/C33H54BrN3O5/c1-11-15-35(16-12-2)28(39)24-25-29(40)37(23(19-38)21(5)14-4)27(33(25)18-22(34)26(24)42-33)30(41)36(17-13-3)32(9,10)20-31(6,7)8/h11,13,21-27,38H,1,3,12,14-20H2,2,4-10H3/t21-,22?,23-,24+,25-,26+,27?,33?/m0/s1. The molecule has 1 spiro atoms. The number of aliphatic hydroxyl groups excluding tert-OH is 1. The molecule has 3 saturated heterocycles. The van der Waals surface area contributed by atoms with Gasteiger partial charge in [-0.1, -0.05) is 76.0 Å². The van der Waals surface area contributed by atoms with Crippen LogP contribution in [0.3, 0.4) is 0 Å². The molecular formula is C33H54BrN3O5. The number of nitrogens with zero attached hydrogens (tertiary/aromatic N) is 3. The number of amides is 3. The molecule has 3 rings (SSSR count). The highest BCUT2D eigenvalue weighted by Crippen LogP contribution is 2.61. The molecule has 9 heteroatoms. The average molecular weight is 653 g/mol. The molecule has 0 aromatic carbocycles. The Kier molecular flexibility index (Phi) is 10.9. The van der Waals surface area contributed by atoms with Crippen LogP contribution >= 0.6 is 15.9 Å². The van der Waals surface area contributed by atoms with Gasteiger partial charge in [0.2, 0.25) is 17.7 Å². The molecule has 3 unspecified atom stereocenters. The van der Waals surface area contributed by atoms with Crippen LogP contribution in [0, 0.1) is 23.2 Å². The van der Waals surface area contributed by atoms with Crippen LogP contribution < -0.4 is 0 Å². The van der Waals surface area contributed by atoms with Gasteiger partial charge in [0.15, 0.2) is 0 Å². The Hall–Kier alpha value is -1.71. The smallest absolute Gasteiger partial charge is 0.249 e. The lowest BCUT2D eigenvalue weighted by atomic mass is 9.70. The average Bonchev–Trinajstić information content (AvgIpc) is 3.48. The first kappa shape index (κ1) is 34.8. The van der Waals surface area contributed by atoms with Crippen LogP contribution in [0.1, 0.15) is 81.1 Å². The molecular weight excluding hydrogens is 598 g/mol. The first-order valence-electron chi connectivity index (χ1n) is 15.6. The van der Waals surface area contributed by atoms with E-state index in [1.807, 2.05) is 25.7 Å². The maximum absolute atomic E-state index is 15.0. The summed E-state index contributed by atoms with van der Waals surface area (Å²) in [6.45, 7) is 25.3. The van der Waals surface area contributed by atoms with Crippen molar-refractivity contribution in [1.82, 2.24) is 14.7 Å². The number of fused-ring (bicyclic) bond motifs is 1. The molecule has 238 valence electrons. The Morgan fingerprint density at radius 1 is 1.17 bits per heavy atom. The largest absolute Gasteiger partial charge is 0.394 e. The fraction of sp³-hybridized carbons (Fsp3) is 0.788. The third kappa shape index (κ3) is 6.12. The molecule has 42 heavy (non-hydrogen) atoms. The van der Waals surface area contributed by atoms with Crippen LogP contribution in [0.5, 0.6) is 0 Å². The van der Waals surface area contributed by atoms with Gasteiger partial charge in [-0.2, -0.15) is 0 Å². The highest BCUT2D eigenvalue weighted by atomic mass is 79.9. The van der Waals surface area contributed by atoms with Gasteiger partial charge in [0.25, 0.3) is 0 Å². The molecule has 0 aliphatic carbocycles. The maximum Gasteiger partial charge on any atom is 0.249 e. The highest BCUT2D eigenvalue weighted by Gasteiger charge is 2.77. The van der Waals surface area contributed by atoms with Gasteiger partial charge >= 0.3 is 0 Å². The molecule has 8 atom stereocenters. The normalized spacial score (nSPS) is 30.2. The zero-order chi connectivity index (χ0) is 31.8. The molecule has 2 bridgehead atoms. The van der Waals surface area contributed by atoms with Crippen molar-refractivity contribution in [3.8, 4) is 0 Å². The van der Waals surface area contributed by atoms with Crippen LogP contribution in [0.25, 0.3) is 0 Å². The quantitative estimate of drug-likeness (QED) is 0.215. The van der Waals surface area contributed by atoms with E-state index in [2.05, 4.69) is 63.7 Å². The van der Waals surface area contributed by atoms with Gasteiger partial charge in [-0.15, -0.1) is 13.2 Å². The monoisotopic (exact) mass is 651 g/mol. The van der Waals surface area contributed by atoms with Crippen LogP contribution in [0.2, 0.25) is 0 Å². The molecule has 3 amide bonds. The van der Waals surface area contributed by atoms with E-state index in [0.717, 1.165) is 19.3 Å². The SMILES string of the molecule is C=CCN(CCC)C(=O)[C@H]1[C@@H]2OC3(CC2Br)C(C(=O)N(CC=C)C(C)(C)CC(C)(C)C)N([C@@H](CO)[C@@H](C)CC)C(=O)[C@H]13. The van der Waals surface area contributed by atoms with Crippen LogP contribution in [0.15, 0.2) is 25.3 Å². The summed E-state index contributed by atoms with van der Waals surface area (Å²) in [7, 11) is 0. The predicted octanol–water partition coefficient (Wildman–Crippen LogP) is 4.80. The molecule has 0 saturated carbocycles. The third-order valence-corrected chi connectivity index (χ3v) is 10.4. The first-order valence-corrected chi connectivity index (χ1v) is 16.5. The van der Waals surface area contributed by atoms with E-state index in [-0.39, 0.29) is 40.5 Å². The van der Waals surface area contributed by atoms with Crippen molar-refractivity contribution in [3.63, 3.8) is 0 Å². The van der Waals surface area contributed by atoms with Gasteiger partial charge in [0, 0.05) is 30.0 Å². The maximum atomic E-state index is 15.0. The summed E-state index contributed by atoms with van der Waals surface area (Å²) in [6, 6.07) is -1.55. The van der Waals surface area contributed by atoms with Crippen LogP contribution in [-0.2, 0) is 19.1 Å². The lowest BCUT2D eigenvalue weighted by molar-refractivity contribution is -0.157. The highest BCUT2D eigenvalue weighted by molar-refractivity contribution is 9.09. The van der Waals surface area contributed by atoms with E-state index >= 15 is 4.79 Å². The fourth-order valence-electron chi connectivity index (χ4n) is 8.03. The van der Waals surface area contributed by atoms with Crippen molar-refractivity contribution in [2.75, 3.05) is 26.2 Å². The summed E-state index contributed by atoms with van der Waals surface area (Å²) >= 11 is 3.79. The fourth-order valence-corrected chi connectivity index (χ4v) is 8.98. The van der Waals surface area contributed by atoms with Crippen molar-refractivity contribution >= 4 is 33.7 Å². The number of halogens is 1. The summed E-state index contributed by atoms with van der Waals surface area (Å²) in [6.07, 6.45) is 5.54. The topological polar surface area (TPSA) is 90.4 Å². The molecule has 3 heterocycles. The molecule has 0 aromatic heterocycles. The molecule has 0 aromatic rings. The number of hydrogen-bond acceptors (Lipinski definition) is 5. The van der Waals surface area contributed by atoms with Gasteiger partial charge in [0.05, 0.1) is 30.6 Å². The zero-order valence-corrected chi connectivity index (χ0v) is 28.7. The summed E-state index contributed by atoms with van der Waals surface area (Å²) in [5.74, 6) is -2.23. The van der Waals surface area contributed by atoms with Gasteiger partial charge < -0.3 is 24.5 Å². The van der Waals surface area contributed by atoms with Crippen molar-refractivity contribution in [1.29, 1.82) is 0 Å². The molecule has 3 fully saturated rings. The number of hydrogen-bond donors (Lipinski definition) is 1. The second kappa shape index (κ2) is 13.1. The Balaban J connectivity index is 2.21. The predicted molar refractivity (Wildman–Crippen MR) is 170 cm³/mol. The van der Waals surface area contributed by atoms with E-state index in [1.54, 1.807) is 22.0 Å². The lowest BCUT2D eigenvalue weighted by Gasteiger charge is -2.47. The van der Waals surface area contributed by atoms with Crippen molar-refractivity contribution in [2.45, 2.75) is 115 Å². The van der Waals surface area contributed by atoms with E-state index in [9.17, 15) is 14.7 Å². The van der Waals surface area contributed by atoms with Crippen LogP contribution in [0.4, 0.5) is 0 Å². The molecule has 3 aliphatic rings. The zero-order valence-electron chi connectivity index (χ0n) is 27.1. The van der Waals surface area contributed by atoms with E-state index in [0.29, 0.717) is 26.1 Å². The number of likely N-dealkylation sites (tertiary alicyclic amines) is 1. The van der Waals surface area contributed by atoms with Crippen molar-refractivity contribution in [3.05, 3.63) is 25.3 Å². The summed E-state index contributed by atoms with van der Waals surface area (Å²) < 4.78 is 6.78. The molecule has 0 radical (unpaired) electrons. The van der Waals surface area contributed by atoms with Crippen molar-refractivity contribution in [2.24, 2.45) is 23.2 Å². The Morgan fingerprint density at radius 3 is 2.29 bits per heavy atom. The number of aliphatic hydroxyl groups is 1. The molecule has 3 aliphatic heterocycles. The number of alkyl halides is 1. The second-order valence-corrected chi connectivity index (χ2v) is 15.6. The first-order chi connectivity index (χ1) is 19.6. The minimum atomic E-state index is -1.18. The lowest BCUT2D eigenvalue weighted by Crippen LogP contribution is -2.63. The van der Waals surface area contributed by atoms with E-state index in [1.165, 1.54) is 0 Å². The Bertz CT molecular complexity index is 1040. The number of ether oxygens (including phenoxy) is 1. The second-order valence-electron chi connectivity index (χ2n) is 14.4. The van der Waals surface area contributed by atoms with Gasteiger partial charge in [0.1, 0.15) is 11.6 Å². The minimum Gasteiger partial charge on any atom is -0.394 e. The summed E-state index contributed by atoms with van der Waals surface area (Å²) in [5, 5.41) is 10.7. The van der Waals surface area contributed by atoms with Crippen molar-refractivity contribution < 1.29 is 24.2 Å². The van der Waals surface area contributed by atoms with Gasteiger partial charge in [-0.25, -0.2) is 0 Å².